The molecule has 4 heteroatoms. The topological polar surface area (TPSA) is 74.6 Å². The highest BCUT2D eigenvalue weighted by molar-refractivity contribution is 6.01. The maximum atomic E-state index is 12.3. The minimum atomic E-state index is -1.43. The quantitative estimate of drug-likeness (QED) is 0.756. The minimum Gasteiger partial charge on any atom is -0.388 e. The van der Waals surface area contributed by atoms with Crippen molar-refractivity contribution in [3.63, 3.8) is 0 Å². The zero-order valence-electron chi connectivity index (χ0n) is 14.9. The summed E-state index contributed by atoms with van der Waals surface area (Å²) in [5, 5.41) is 20.5. The fourth-order valence-electron chi connectivity index (χ4n) is 6.12. The first-order valence-corrected chi connectivity index (χ1v) is 9.27. The van der Waals surface area contributed by atoms with Gasteiger partial charge in [-0.1, -0.05) is 30.2 Å². The third-order valence-corrected chi connectivity index (χ3v) is 7.71. The van der Waals surface area contributed by atoms with Crippen molar-refractivity contribution in [2.24, 2.45) is 22.7 Å². The van der Waals surface area contributed by atoms with Gasteiger partial charge in [-0.15, -0.1) is 0 Å². The van der Waals surface area contributed by atoms with Crippen LogP contribution in [-0.4, -0.2) is 34.0 Å². The van der Waals surface area contributed by atoms with E-state index < -0.39 is 23.4 Å². The Balaban J connectivity index is 1.77. The standard InChI is InChI=1S/C21H26O4/c1-19-8-5-14(23)11-13(19)3-4-15-16(19)6-9-20(2)17(15)7-10-21(20,25)18(24)12-22/h5-6,8,11,15,17,22,25H,3-4,7,9-10,12H2,1-2H3/t15-,17+,19+,20+,21+/m1/s1. The fourth-order valence-corrected chi connectivity index (χ4v) is 6.12. The Labute approximate surface area is 148 Å². The van der Waals surface area contributed by atoms with Crippen LogP contribution in [0.3, 0.4) is 0 Å². The Bertz CT molecular complexity index is 745. The van der Waals surface area contributed by atoms with E-state index in [-0.39, 0.29) is 17.1 Å². The van der Waals surface area contributed by atoms with Gasteiger partial charge in [0.25, 0.3) is 0 Å². The lowest BCUT2D eigenvalue weighted by atomic mass is 9.51. The average molecular weight is 342 g/mol. The number of hydrogen-bond acceptors (Lipinski definition) is 4. The molecule has 0 unspecified atom stereocenters. The molecular formula is C21H26O4. The highest BCUT2D eigenvalue weighted by Crippen LogP contribution is 2.64. The van der Waals surface area contributed by atoms with Crippen LogP contribution >= 0.6 is 0 Å². The van der Waals surface area contributed by atoms with Gasteiger partial charge in [-0.2, -0.15) is 0 Å². The molecule has 2 N–H and O–H groups in total. The van der Waals surface area contributed by atoms with Gasteiger partial charge >= 0.3 is 0 Å². The van der Waals surface area contributed by atoms with Crippen molar-refractivity contribution in [2.45, 2.75) is 51.6 Å². The maximum Gasteiger partial charge on any atom is 0.190 e. The summed E-state index contributed by atoms with van der Waals surface area (Å²) in [7, 11) is 0. The highest BCUT2D eigenvalue weighted by atomic mass is 16.3. The van der Waals surface area contributed by atoms with Crippen molar-refractivity contribution < 1.29 is 19.8 Å². The highest BCUT2D eigenvalue weighted by Gasteiger charge is 2.64. The molecule has 0 aliphatic heterocycles. The van der Waals surface area contributed by atoms with Gasteiger partial charge in [-0.25, -0.2) is 0 Å². The molecule has 5 atom stereocenters. The maximum absolute atomic E-state index is 12.3. The lowest BCUT2D eigenvalue weighted by Gasteiger charge is -2.53. The fraction of sp³-hybridized carbons (Fsp3) is 0.619. The molecular weight excluding hydrogens is 316 g/mol. The minimum absolute atomic E-state index is 0.0657. The molecule has 2 fully saturated rings. The normalized spacial score (nSPS) is 45.2. The number of hydrogen-bond donors (Lipinski definition) is 2. The van der Waals surface area contributed by atoms with E-state index in [1.165, 1.54) is 11.1 Å². The number of allylic oxidation sites excluding steroid dienone is 6. The van der Waals surface area contributed by atoms with E-state index in [1.807, 2.05) is 13.0 Å². The second kappa shape index (κ2) is 5.24. The SMILES string of the molecule is C[C@]12C=CC(=O)C=C1CC[C@@H]1C2=CC[C@@]2(C)[C@H]1CC[C@]2(O)C(=O)CO. The number of rotatable bonds is 2. The van der Waals surface area contributed by atoms with E-state index >= 15 is 0 Å². The van der Waals surface area contributed by atoms with Crippen LogP contribution in [0.1, 0.15) is 46.0 Å². The van der Waals surface area contributed by atoms with Crippen LogP contribution in [-0.2, 0) is 9.59 Å². The Morgan fingerprint density at radius 2 is 2.08 bits per heavy atom. The monoisotopic (exact) mass is 342 g/mol. The van der Waals surface area contributed by atoms with Gasteiger partial charge in [-0.05, 0) is 63.0 Å². The molecule has 0 saturated heterocycles. The van der Waals surface area contributed by atoms with Gasteiger partial charge in [0.1, 0.15) is 12.2 Å². The summed E-state index contributed by atoms with van der Waals surface area (Å²) < 4.78 is 0. The zero-order valence-corrected chi connectivity index (χ0v) is 14.9. The van der Waals surface area contributed by atoms with Crippen LogP contribution in [0.15, 0.2) is 35.5 Å². The van der Waals surface area contributed by atoms with Crippen LogP contribution < -0.4 is 0 Å². The molecule has 4 rings (SSSR count). The van der Waals surface area contributed by atoms with E-state index in [2.05, 4.69) is 13.0 Å². The number of aliphatic hydroxyl groups excluding tert-OH is 1. The first-order chi connectivity index (χ1) is 11.8. The first kappa shape index (κ1) is 16.9. The molecule has 0 radical (unpaired) electrons. The molecule has 0 amide bonds. The van der Waals surface area contributed by atoms with Gasteiger partial charge in [0.05, 0.1) is 0 Å². The zero-order chi connectivity index (χ0) is 18.0. The summed E-state index contributed by atoms with van der Waals surface area (Å²) in [6.45, 7) is 3.59. The van der Waals surface area contributed by atoms with Crippen LogP contribution in [0, 0.1) is 22.7 Å². The van der Waals surface area contributed by atoms with Gasteiger partial charge in [-0.3, -0.25) is 9.59 Å². The van der Waals surface area contributed by atoms with E-state index in [9.17, 15) is 19.8 Å². The molecule has 0 aromatic carbocycles. The van der Waals surface area contributed by atoms with E-state index in [1.54, 1.807) is 12.2 Å². The van der Waals surface area contributed by atoms with Crippen molar-refractivity contribution in [2.75, 3.05) is 6.61 Å². The molecule has 4 aliphatic carbocycles. The van der Waals surface area contributed by atoms with Crippen molar-refractivity contribution in [1.82, 2.24) is 0 Å². The van der Waals surface area contributed by atoms with Crippen LogP contribution in [0.25, 0.3) is 0 Å². The summed E-state index contributed by atoms with van der Waals surface area (Å²) in [6, 6.07) is 0. The van der Waals surface area contributed by atoms with Crippen molar-refractivity contribution >= 4 is 11.6 Å². The molecule has 134 valence electrons. The van der Waals surface area contributed by atoms with Crippen molar-refractivity contribution in [1.29, 1.82) is 0 Å². The number of fused-ring (bicyclic) bond motifs is 5. The number of carbonyl (C=O) groups excluding carboxylic acids is 2. The number of carbonyl (C=O) groups is 2. The first-order valence-electron chi connectivity index (χ1n) is 9.27. The Morgan fingerprint density at radius 1 is 1.32 bits per heavy atom. The van der Waals surface area contributed by atoms with E-state index in [0.717, 1.165) is 19.3 Å². The van der Waals surface area contributed by atoms with Crippen molar-refractivity contribution in [3.05, 3.63) is 35.5 Å². The number of aliphatic hydroxyl groups is 2. The van der Waals surface area contributed by atoms with E-state index in [0.29, 0.717) is 18.8 Å². The second-order valence-corrected chi connectivity index (χ2v) is 8.62. The Morgan fingerprint density at radius 3 is 2.80 bits per heavy atom. The summed E-state index contributed by atoms with van der Waals surface area (Å²) >= 11 is 0. The number of ketones is 2. The summed E-state index contributed by atoms with van der Waals surface area (Å²) in [5.74, 6) is 0.174. The molecule has 25 heavy (non-hydrogen) atoms. The third kappa shape index (κ3) is 2.01. The smallest absolute Gasteiger partial charge is 0.190 e. The van der Waals surface area contributed by atoms with Gasteiger partial charge in [0.15, 0.2) is 11.6 Å². The number of Topliss-reactive ketones (excluding diaryl/α,β-unsaturated/α-hetero) is 1. The molecule has 4 nitrogen and oxygen atoms in total. The van der Waals surface area contributed by atoms with Gasteiger partial charge < -0.3 is 10.2 Å². The predicted octanol–water partition coefficient (Wildman–Crippen LogP) is 2.51. The van der Waals surface area contributed by atoms with Crippen LogP contribution in [0.5, 0.6) is 0 Å². The van der Waals surface area contributed by atoms with Crippen LogP contribution in [0.2, 0.25) is 0 Å². The van der Waals surface area contributed by atoms with Crippen LogP contribution in [0.4, 0.5) is 0 Å². The summed E-state index contributed by atoms with van der Waals surface area (Å²) in [4.78, 5) is 24.1. The lowest BCUT2D eigenvalue weighted by Crippen LogP contribution is -2.55. The molecule has 0 spiro atoms. The Hall–Kier alpha value is -1.52. The molecule has 4 aliphatic rings. The van der Waals surface area contributed by atoms with Crippen molar-refractivity contribution in [3.8, 4) is 0 Å². The molecule has 0 heterocycles. The summed E-state index contributed by atoms with van der Waals surface area (Å²) in [5.41, 5.74) is 0.374. The lowest BCUT2D eigenvalue weighted by molar-refractivity contribution is -0.155. The largest absolute Gasteiger partial charge is 0.388 e. The molecule has 0 aromatic rings. The summed E-state index contributed by atoms with van der Waals surface area (Å²) in [6.07, 6.45) is 11.4. The van der Waals surface area contributed by atoms with E-state index in [4.69, 9.17) is 0 Å². The van der Waals surface area contributed by atoms with Gasteiger partial charge in [0.2, 0.25) is 0 Å². The molecule has 0 aromatic heterocycles. The predicted molar refractivity (Wildman–Crippen MR) is 93.6 cm³/mol. The Kier molecular flexibility index (Phi) is 3.55. The molecule has 2 saturated carbocycles. The van der Waals surface area contributed by atoms with Gasteiger partial charge in [0, 0.05) is 10.8 Å². The second-order valence-electron chi connectivity index (χ2n) is 8.62. The third-order valence-electron chi connectivity index (χ3n) is 7.71. The molecule has 0 bridgehead atoms. The average Bonchev–Trinajstić information content (AvgIpc) is 2.87.